The first-order valence-corrected chi connectivity index (χ1v) is 5.84. The van der Waals surface area contributed by atoms with Gasteiger partial charge in [0.15, 0.2) is 11.6 Å². The lowest BCUT2D eigenvalue weighted by Gasteiger charge is -2.20. The highest BCUT2D eigenvalue weighted by Gasteiger charge is 2.16. The molecule has 0 heterocycles. The smallest absolute Gasteiger partial charge is 0.183 e. The summed E-state index contributed by atoms with van der Waals surface area (Å²) in [6, 6.07) is 11.2. The van der Waals surface area contributed by atoms with Crippen molar-refractivity contribution in [3.8, 4) is 11.8 Å². The Kier molecular flexibility index (Phi) is 3.85. The Morgan fingerprint density at radius 1 is 1.05 bits per heavy atom. The Hall–Kier alpha value is -2.61. The van der Waals surface area contributed by atoms with Crippen LogP contribution in [0, 0.1) is 23.0 Å². The second-order valence-electron chi connectivity index (χ2n) is 4.13. The highest BCUT2D eigenvalue weighted by Crippen LogP contribution is 2.29. The lowest BCUT2D eigenvalue weighted by Crippen LogP contribution is -2.12. The predicted octanol–water partition coefficient (Wildman–Crippen LogP) is 3.61. The Bertz CT molecular complexity index is 663. The summed E-state index contributed by atoms with van der Waals surface area (Å²) in [7, 11) is 3.17. The molecular weight excluding hydrogens is 262 g/mol. The molecule has 3 nitrogen and oxygen atoms in total. The molecule has 0 aromatic heterocycles. The molecule has 0 N–H and O–H groups in total. The molecule has 5 heteroatoms. The molecule has 2 aromatic carbocycles. The molecule has 0 saturated heterocycles. The van der Waals surface area contributed by atoms with E-state index in [-0.39, 0.29) is 11.3 Å². The maximum atomic E-state index is 13.9. The quantitative estimate of drug-likeness (QED) is 0.857. The second-order valence-corrected chi connectivity index (χ2v) is 4.13. The zero-order chi connectivity index (χ0) is 14.7. The average molecular weight is 274 g/mol. The number of anilines is 2. The van der Waals surface area contributed by atoms with Crippen molar-refractivity contribution in [1.29, 1.82) is 5.26 Å². The van der Waals surface area contributed by atoms with Crippen molar-refractivity contribution in [2.45, 2.75) is 0 Å². The van der Waals surface area contributed by atoms with Crippen LogP contribution < -0.4 is 9.64 Å². The lowest BCUT2D eigenvalue weighted by molar-refractivity contribution is 0.415. The molecule has 0 unspecified atom stereocenters. The minimum absolute atomic E-state index is 0.0617. The first-order valence-electron chi connectivity index (χ1n) is 5.84. The van der Waals surface area contributed by atoms with Gasteiger partial charge in [-0.25, -0.2) is 8.78 Å². The zero-order valence-electron chi connectivity index (χ0n) is 11.0. The van der Waals surface area contributed by atoms with Crippen LogP contribution in [0.3, 0.4) is 0 Å². The number of ether oxygens (including phenoxy) is 1. The van der Waals surface area contributed by atoms with Crippen molar-refractivity contribution in [2.24, 2.45) is 0 Å². The first-order chi connectivity index (χ1) is 9.58. The van der Waals surface area contributed by atoms with Gasteiger partial charge in [-0.15, -0.1) is 0 Å². The second kappa shape index (κ2) is 5.57. The van der Waals surface area contributed by atoms with E-state index in [9.17, 15) is 8.78 Å². The van der Waals surface area contributed by atoms with Gasteiger partial charge in [0.1, 0.15) is 11.8 Å². The van der Waals surface area contributed by atoms with Crippen molar-refractivity contribution < 1.29 is 13.5 Å². The fourth-order valence-electron chi connectivity index (χ4n) is 1.83. The van der Waals surface area contributed by atoms with Crippen LogP contribution in [0.2, 0.25) is 0 Å². The Balaban J connectivity index is 2.40. The van der Waals surface area contributed by atoms with Crippen LogP contribution in [-0.2, 0) is 0 Å². The Morgan fingerprint density at radius 3 is 2.25 bits per heavy atom. The van der Waals surface area contributed by atoms with Crippen molar-refractivity contribution >= 4 is 11.4 Å². The van der Waals surface area contributed by atoms with Crippen molar-refractivity contribution in [3.05, 3.63) is 53.6 Å². The molecule has 0 aliphatic heterocycles. The van der Waals surface area contributed by atoms with Gasteiger partial charge in [0.05, 0.1) is 18.4 Å². The van der Waals surface area contributed by atoms with Crippen LogP contribution in [0.25, 0.3) is 0 Å². The third kappa shape index (κ3) is 2.41. The van der Waals surface area contributed by atoms with Gasteiger partial charge in [-0.1, -0.05) is 0 Å². The van der Waals surface area contributed by atoms with E-state index in [0.717, 1.165) is 0 Å². The van der Waals surface area contributed by atoms with Gasteiger partial charge in [-0.2, -0.15) is 5.26 Å². The molecule has 0 aliphatic carbocycles. The highest BCUT2D eigenvalue weighted by molar-refractivity contribution is 5.64. The van der Waals surface area contributed by atoms with Crippen LogP contribution in [0.15, 0.2) is 36.4 Å². The van der Waals surface area contributed by atoms with E-state index in [0.29, 0.717) is 11.4 Å². The summed E-state index contributed by atoms with van der Waals surface area (Å²) in [6.45, 7) is 0. The van der Waals surface area contributed by atoms with Gasteiger partial charge in [-0.05, 0) is 36.4 Å². The van der Waals surface area contributed by atoms with E-state index in [1.54, 1.807) is 44.5 Å². The molecule has 0 aliphatic rings. The normalized spacial score (nSPS) is 9.95. The molecule has 0 amide bonds. The molecular formula is C15H12F2N2O. The molecule has 0 fully saturated rings. The molecule has 0 atom stereocenters. The summed E-state index contributed by atoms with van der Waals surface area (Å²) in [5.41, 5.74) is 0.426. The van der Waals surface area contributed by atoms with Crippen LogP contribution in [0.1, 0.15) is 5.56 Å². The average Bonchev–Trinajstić information content (AvgIpc) is 2.49. The molecule has 102 valence electrons. The maximum absolute atomic E-state index is 13.9. The number of rotatable bonds is 3. The van der Waals surface area contributed by atoms with Crippen LogP contribution in [0.5, 0.6) is 5.75 Å². The minimum atomic E-state index is -1.13. The third-order valence-corrected chi connectivity index (χ3v) is 3.00. The van der Waals surface area contributed by atoms with Crippen molar-refractivity contribution in [1.82, 2.24) is 0 Å². The SMILES string of the molecule is COc1ccc(N(C)c2ccc(C#N)c(F)c2F)cc1. The minimum Gasteiger partial charge on any atom is -0.497 e. The number of methoxy groups -OCH3 is 1. The van der Waals surface area contributed by atoms with E-state index in [2.05, 4.69) is 0 Å². The number of hydrogen-bond donors (Lipinski definition) is 0. The molecule has 0 bridgehead atoms. The number of nitrogens with zero attached hydrogens (tertiary/aromatic N) is 2. The number of nitriles is 1. The summed E-state index contributed by atoms with van der Waals surface area (Å²) in [5, 5.41) is 8.66. The summed E-state index contributed by atoms with van der Waals surface area (Å²) in [4.78, 5) is 1.50. The van der Waals surface area contributed by atoms with E-state index in [1.807, 2.05) is 0 Å². The fourth-order valence-corrected chi connectivity index (χ4v) is 1.83. The Labute approximate surface area is 115 Å². The van der Waals surface area contributed by atoms with E-state index >= 15 is 0 Å². The number of benzene rings is 2. The molecule has 0 radical (unpaired) electrons. The van der Waals surface area contributed by atoms with Gasteiger partial charge in [-0.3, -0.25) is 0 Å². The summed E-state index contributed by atoms with van der Waals surface area (Å²) in [5.74, 6) is -1.50. The third-order valence-electron chi connectivity index (χ3n) is 3.00. The zero-order valence-corrected chi connectivity index (χ0v) is 11.0. The van der Waals surface area contributed by atoms with E-state index in [1.165, 1.54) is 17.0 Å². The molecule has 0 saturated carbocycles. The maximum Gasteiger partial charge on any atom is 0.183 e. The van der Waals surface area contributed by atoms with Crippen molar-refractivity contribution in [3.63, 3.8) is 0 Å². The van der Waals surface area contributed by atoms with Gasteiger partial charge in [0.25, 0.3) is 0 Å². The van der Waals surface area contributed by atoms with Gasteiger partial charge in [0, 0.05) is 12.7 Å². The monoisotopic (exact) mass is 274 g/mol. The predicted molar refractivity (Wildman–Crippen MR) is 72.1 cm³/mol. The standard InChI is InChI=1S/C15H12F2N2O/c1-19(11-4-6-12(20-2)7-5-11)13-8-3-10(9-18)14(16)15(13)17/h3-8H,1-2H3. The first kappa shape index (κ1) is 13.8. The summed E-state index contributed by atoms with van der Waals surface area (Å²) >= 11 is 0. The van der Waals surface area contributed by atoms with E-state index in [4.69, 9.17) is 10.00 Å². The molecule has 2 aromatic rings. The van der Waals surface area contributed by atoms with Crippen LogP contribution in [0.4, 0.5) is 20.2 Å². The summed E-state index contributed by atoms with van der Waals surface area (Å²) < 4.78 is 32.6. The van der Waals surface area contributed by atoms with Crippen molar-refractivity contribution in [2.75, 3.05) is 19.1 Å². The molecule has 2 rings (SSSR count). The summed E-state index contributed by atoms with van der Waals surface area (Å²) in [6.07, 6.45) is 0. The van der Waals surface area contributed by atoms with Gasteiger partial charge in [0.2, 0.25) is 0 Å². The lowest BCUT2D eigenvalue weighted by atomic mass is 10.1. The van der Waals surface area contributed by atoms with Crippen LogP contribution >= 0.6 is 0 Å². The van der Waals surface area contributed by atoms with E-state index < -0.39 is 11.6 Å². The number of halogens is 2. The van der Waals surface area contributed by atoms with Gasteiger partial charge >= 0.3 is 0 Å². The largest absolute Gasteiger partial charge is 0.497 e. The Morgan fingerprint density at radius 2 is 1.70 bits per heavy atom. The molecule has 0 spiro atoms. The number of hydrogen-bond acceptors (Lipinski definition) is 3. The highest BCUT2D eigenvalue weighted by atomic mass is 19.2. The van der Waals surface area contributed by atoms with Crippen LogP contribution in [-0.4, -0.2) is 14.2 Å². The molecule has 20 heavy (non-hydrogen) atoms. The van der Waals surface area contributed by atoms with Gasteiger partial charge < -0.3 is 9.64 Å². The fraction of sp³-hybridized carbons (Fsp3) is 0.133. The topological polar surface area (TPSA) is 36.3 Å².